The molecule has 0 spiro atoms. The zero-order valence-corrected chi connectivity index (χ0v) is 12.3. The molecule has 2 heteroatoms. The van der Waals surface area contributed by atoms with Gasteiger partial charge >= 0.3 is 0 Å². The van der Waals surface area contributed by atoms with Crippen molar-refractivity contribution in [3.8, 4) is 0 Å². The highest BCUT2D eigenvalue weighted by Gasteiger charge is 2.30. The summed E-state index contributed by atoms with van der Waals surface area (Å²) in [6.45, 7) is 12.5. The fourth-order valence-electron chi connectivity index (χ4n) is 3.10. The monoisotopic (exact) mass is 240 g/mol. The normalized spacial score (nSPS) is 26.5. The molecular formula is C15H32N2. The smallest absolute Gasteiger partial charge is 0.0121 e. The molecule has 1 fully saturated rings. The first kappa shape index (κ1) is 15.0. The molecule has 0 saturated heterocycles. The van der Waals surface area contributed by atoms with Gasteiger partial charge in [-0.25, -0.2) is 0 Å². The number of nitrogens with zero attached hydrogens (tertiary/aromatic N) is 1. The lowest BCUT2D eigenvalue weighted by Gasteiger charge is -2.42. The Bertz CT molecular complexity index is 213. The maximum absolute atomic E-state index is 5.89. The molecule has 0 bridgehead atoms. The Balaban J connectivity index is 2.63. The molecule has 2 atom stereocenters. The van der Waals surface area contributed by atoms with E-state index in [1.54, 1.807) is 0 Å². The molecule has 2 N–H and O–H groups in total. The highest BCUT2D eigenvalue weighted by molar-refractivity contribution is 4.84. The maximum atomic E-state index is 5.89. The molecule has 102 valence electrons. The summed E-state index contributed by atoms with van der Waals surface area (Å²) in [5.74, 6) is 0.865. The Morgan fingerprint density at radius 1 is 1.24 bits per heavy atom. The van der Waals surface area contributed by atoms with Crippen LogP contribution in [0.5, 0.6) is 0 Å². The highest BCUT2D eigenvalue weighted by Crippen LogP contribution is 2.30. The van der Waals surface area contributed by atoms with Gasteiger partial charge in [-0.3, -0.25) is 4.90 Å². The third kappa shape index (κ3) is 4.59. The van der Waals surface area contributed by atoms with Crippen molar-refractivity contribution in [1.29, 1.82) is 0 Å². The van der Waals surface area contributed by atoms with Crippen LogP contribution >= 0.6 is 0 Å². The number of nitrogens with two attached hydrogens (primary N) is 1. The van der Waals surface area contributed by atoms with E-state index in [-0.39, 0.29) is 5.41 Å². The molecule has 2 nitrogen and oxygen atoms in total. The molecule has 17 heavy (non-hydrogen) atoms. The van der Waals surface area contributed by atoms with Crippen molar-refractivity contribution in [2.75, 3.05) is 19.6 Å². The SMILES string of the molecule is CCCN(CC(C)(C)CN)C1CCCCC1C. The second-order valence-corrected chi connectivity index (χ2v) is 6.67. The summed E-state index contributed by atoms with van der Waals surface area (Å²) < 4.78 is 0. The Morgan fingerprint density at radius 2 is 1.88 bits per heavy atom. The number of hydrogen-bond acceptors (Lipinski definition) is 2. The van der Waals surface area contributed by atoms with Gasteiger partial charge in [-0.1, -0.05) is 40.5 Å². The van der Waals surface area contributed by atoms with Crippen molar-refractivity contribution in [1.82, 2.24) is 4.90 Å². The van der Waals surface area contributed by atoms with E-state index in [1.165, 1.54) is 38.6 Å². The van der Waals surface area contributed by atoms with E-state index < -0.39 is 0 Å². The zero-order chi connectivity index (χ0) is 12.9. The summed E-state index contributed by atoms with van der Waals surface area (Å²) in [7, 11) is 0. The van der Waals surface area contributed by atoms with Gasteiger partial charge in [0.15, 0.2) is 0 Å². The highest BCUT2D eigenvalue weighted by atomic mass is 15.2. The quantitative estimate of drug-likeness (QED) is 0.772. The molecular weight excluding hydrogens is 208 g/mol. The predicted molar refractivity (Wildman–Crippen MR) is 76.1 cm³/mol. The third-order valence-electron chi connectivity index (χ3n) is 4.23. The van der Waals surface area contributed by atoms with E-state index >= 15 is 0 Å². The molecule has 2 unspecified atom stereocenters. The molecule has 1 aliphatic rings. The Morgan fingerprint density at radius 3 is 2.41 bits per heavy atom. The van der Waals surface area contributed by atoms with Crippen LogP contribution in [0.4, 0.5) is 0 Å². The van der Waals surface area contributed by atoms with E-state index in [2.05, 4.69) is 32.6 Å². The second kappa shape index (κ2) is 6.75. The second-order valence-electron chi connectivity index (χ2n) is 6.67. The van der Waals surface area contributed by atoms with Crippen LogP contribution in [-0.2, 0) is 0 Å². The van der Waals surface area contributed by atoms with Gasteiger partial charge in [-0.15, -0.1) is 0 Å². The van der Waals surface area contributed by atoms with E-state index in [0.717, 1.165) is 25.0 Å². The van der Waals surface area contributed by atoms with Gasteiger partial charge in [-0.2, -0.15) is 0 Å². The molecule has 0 aliphatic heterocycles. The minimum Gasteiger partial charge on any atom is -0.330 e. The van der Waals surface area contributed by atoms with Crippen LogP contribution in [0, 0.1) is 11.3 Å². The van der Waals surface area contributed by atoms with Crippen molar-refractivity contribution in [2.24, 2.45) is 17.1 Å². The lowest BCUT2D eigenvalue weighted by atomic mass is 9.83. The minimum absolute atomic E-state index is 0.256. The first-order chi connectivity index (χ1) is 8.00. The topological polar surface area (TPSA) is 29.3 Å². The summed E-state index contributed by atoms with van der Waals surface area (Å²) in [5.41, 5.74) is 6.14. The zero-order valence-electron chi connectivity index (χ0n) is 12.3. The minimum atomic E-state index is 0.256. The van der Waals surface area contributed by atoms with E-state index in [9.17, 15) is 0 Å². The number of hydrogen-bond donors (Lipinski definition) is 1. The average Bonchev–Trinajstić information content (AvgIpc) is 2.29. The number of rotatable bonds is 6. The van der Waals surface area contributed by atoms with Gasteiger partial charge in [-0.05, 0) is 43.7 Å². The van der Waals surface area contributed by atoms with Crippen molar-refractivity contribution < 1.29 is 0 Å². The summed E-state index contributed by atoms with van der Waals surface area (Å²) in [6, 6.07) is 0.800. The van der Waals surface area contributed by atoms with Crippen LogP contribution in [0.15, 0.2) is 0 Å². The molecule has 1 rings (SSSR count). The molecule has 1 saturated carbocycles. The van der Waals surface area contributed by atoms with Crippen molar-refractivity contribution >= 4 is 0 Å². The summed E-state index contributed by atoms with van der Waals surface area (Å²) in [5, 5.41) is 0. The van der Waals surface area contributed by atoms with Gasteiger partial charge in [0.1, 0.15) is 0 Å². The van der Waals surface area contributed by atoms with Crippen LogP contribution in [-0.4, -0.2) is 30.6 Å². The van der Waals surface area contributed by atoms with E-state index in [4.69, 9.17) is 5.73 Å². The first-order valence-electron chi connectivity index (χ1n) is 7.44. The molecule has 1 aliphatic carbocycles. The molecule has 0 heterocycles. The average molecular weight is 240 g/mol. The van der Waals surface area contributed by atoms with Crippen molar-refractivity contribution in [2.45, 2.75) is 65.8 Å². The van der Waals surface area contributed by atoms with Gasteiger partial charge in [0.25, 0.3) is 0 Å². The largest absolute Gasteiger partial charge is 0.330 e. The molecule has 0 amide bonds. The Labute approximate surface area is 108 Å². The fraction of sp³-hybridized carbons (Fsp3) is 1.00. The van der Waals surface area contributed by atoms with Crippen LogP contribution in [0.3, 0.4) is 0 Å². The summed E-state index contributed by atoms with van der Waals surface area (Å²) in [6.07, 6.45) is 6.90. The van der Waals surface area contributed by atoms with Crippen LogP contribution in [0.25, 0.3) is 0 Å². The molecule has 0 radical (unpaired) electrons. The van der Waals surface area contributed by atoms with Crippen molar-refractivity contribution in [3.63, 3.8) is 0 Å². The van der Waals surface area contributed by atoms with E-state index in [1.807, 2.05) is 0 Å². The Kier molecular flexibility index (Phi) is 5.94. The van der Waals surface area contributed by atoms with Crippen LogP contribution < -0.4 is 5.73 Å². The van der Waals surface area contributed by atoms with Crippen LogP contribution in [0.1, 0.15) is 59.8 Å². The van der Waals surface area contributed by atoms with Gasteiger partial charge < -0.3 is 5.73 Å². The third-order valence-corrected chi connectivity index (χ3v) is 4.23. The first-order valence-corrected chi connectivity index (χ1v) is 7.44. The maximum Gasteiger partial charge on any atom is 0.0121 e. The lowest BCUT2D eigenvalue weighted by Crippen LogP contribution is -2.48. The standard InChI is InChI=1S/C15H32N2/c1-5-10-17(12-15(3,4)11-16)14-9-7-6-8-13(14)2/h13-14H,5-12,16H2,1-4H3. The van der Waals surface area contributed by atoms with E-state index in [0.29, 0.717) is 0 Å². The van der Waals surface area contributed by atoms with Gasteiger partial charge in [0, 0.05) is 12.6 Å². The van der Waals surface area contributed by atoms with Gasteiger partial charge in [0.05, 0.1) is 0 Å². The van der Waals surface area contributed by atoms with Crippen LogP contribution in [0.2, 0.25) is 0 Å². The summed E-state index contributed by atoms with van der Waals surface area (Å²) in [4.78, 5) is 2.72. The summed E-state index contributed by atoms with van der Waals surface area (Å²) >= 11 is 0. The Hall–Kier alpha value is -0.0800. The molecule has 0 aromatic heterocycles. The predicted octanol–water partition coefficient (Wildman–Crippen LogP) is 3.26. The fourth-order valence-corrected chi connectivity index (χ4v) is 3.10. The van der Waals surface area contributed by atoms with Gasteiger partial charge in [0.2, 0.25) is 0 Å². The lowest BCUT2D eigenvalue weighted by molar-refractivity contribution is 0.0749. The molecule has 0 aromatic rings. The van der Waals surface area contributed by atoms with Crippen molar-refractivity contribution in [3.05, 3.63) is 0 Å². The molecule has 0 aromatic carbocycles.